The summed E-state index contributed by atoms with van der Waals surface area (Å²) in [6, 6.07) is 6.05. The van der Waals surface area contributed by atoms with Gasteiger partial charge >= 0.3 is 0 Å². The van der Waals surface area contributed by atoms with Gasteiger partial charge in [-0.25, -0.2) is 18.1 Å². The molecule has 1 aliphatic heterocycles. The van der Waals surface area contributed by atoms with Crippen molar-refractivity contribution in [3.8, 4) is 0 Å². The van der Waals surface area contributed by atoms with Gasteiger partial charge in [-0.3, -0.25) is 4.79 Å². The van der Waals surface area contributed by atoms with E-state index in [0.717, 1.165) is 18.1 Å². The first-order valence-corrected chi connectivity index (χ1v) is 10.9. The molecule has 1 unspecified atom stereocenters. The number of anilines is 1. The van der Waals surface area contributed by atoms with Crippen LogP contribution in [0.2, 0.25) is 5.02 Å². The van der Waals surface area contributed by atoms with Crippen LogP contribution >= 0.6 is 22.9 Å². The third kappa shape index (κ3) is 4.94. The number of sulfonamides is 1. The van der Waals surface area contributed by atoms with E-state index in [1.165, 1.54) is 12.1 Å². The van der Waals surface area contributed by atoms with Crippen molar-refractivity contribution in [2.24, 2.45) is 0 Å². The molecule has 0 bridgehead atoms. The van der Waals surface area contributed by atoms with E-state index in [1.807, 2.05) is 5.38 Å². The summed E-state index contributed by atoms with van der Waals surface area (Å²) in [4.78, 5) is 18.6. The largest absolute Gasteiger partial charge is 0.351 e. The Hall–Kier alpha value is -1.68. The Morgan fingerprint density at radius 2 is 2.27 bits per heavy atom. The molecule has 1 atom stereocenters. The van der Waals surface area contributed by atoms with Crippen LogP contribution in [0, 0.1) is 0 Å². The minimum atomic E-state index is -3.67. The number of rotatable bonds is 7. The third-order valence-electron chi connectivity index (χ3n) is 3.99. The summed E-state index contributed by atoms with van der Waals surface area (Å²) >= 11 is 7.39. The van der Waals surface area contributed by atoms with Crippen molar-refractivity contribution in [2.45, 2.75) is 23.8 Å². The Morgan fingerprint density at radius 1 is 1.42 bits per heavy atom. The molecule has 0 radical (unpaired) electrons. The molecule has 1 aromatic heterocycles. The molecule has 1 aromatic carbocycles. The molecule has 1 amide bonds. The molecular weight excluding hydrogens is 396 g/mol. The van der Waals surface area contributed by atoms with Crippen LogP contribution in [0.4, 0.5) is 5.13 Å². The molecule has 0 saturated carbocycles. The highest BCUT2D eigenvalue weighted by Gasteiger charge is 2.25. The number of nitrogens with zero attached hydrogens (tertiary/aromatic N) is 2. The lowest BCUT2D eigenvalue weighted by Crippen LogP contribution is -2.38. The number of carbonyl (C=O) groups is 1. The van der Waals surface area contributed by atoms with Crippen molar-refractivity contribution in [2.75, 3.05) is 24.5 Å². The lowest BCUT2D eigenvalue weighted by molar-refractivity contribution is -0.121. The minimum Gasteiger partial charge on any atom is -0.351 e. The van der Waals surface area contributed by atoms with Crippen LogP contribution in [-0.4, -0.2) is 45.0 Å². The van der Waals surface area contributed by atoms with E-state index in [-0.39, 0.29) is 29.8 Å². The first-order chi connectivity index (χ1) is 12.4. The fourth-order valence-electron chi connectivity index (χ4n) is 2.74. The van der Waals surface area contributed by atoms with Crippen molar-refractivity contribution < 1.29 is 13.2 Å². The van der Waals surface area contributed by atoms with Gasteiger partial charge in [0, 0.05) is 48.7 Å². The second-order valence-corrected chi connectivity index (χ2v) is 9.00. The number of carbonyl (C=O) groups excluding carboxylic acids is 1. The van der Waals surface area contributed by atoms with E-state index in [9.17, 15) is 13.2 Å². The molecule has 2 aromatic rings. The van der Waals surface area contributed by atoms with E-state index in [0.29, 0.717) is 11.6 Å². The zero-order chi connectivity index (χ0) is 18.6. The van der Waals surface area contributed by atoms with Crippen LogP contribution in [0.1, 0.15) is 12.8 Å². The standard InChI is InChI=1S/C16H19ClN4O3S2/c17-12-2-1-3-14(10-12)26(23,24)19-6-4-15(22)20-13-5-8-21(11-13)16-18-7-9-25-16/h1-3,7,9-10,13,19H,4-6,8,11H2,(H,20,22). The molecule has 2 N–H and O–H groups in total. The zero-order valence-electron chi connectivity index (χ0n) is 13.9. The van der Waals surface area contributed by atoms with Crippen LogP contribution in [-0.2, 0) is 14.8 Å². The topological polar surface area (TPSA) is 91.4 Å². The maximum atomic E-state index is 12.2. The molecule has 2 heterocycles. The normalized spacial score (nSPS) is 17.4. The van der Waals surface area contributed by atoms with Crippen LogP contribution in [0.25, 0.3) is 0 Å². The van der Waals surface area contributed by atoms with Gasteiger partial charge < -0.3 is 10.2 Å². The monoisotopic (exact) mass is 414 g/mol. The van der Waals surface area contributed by atoms with Crippen molar-refractivity contribution in [1.82, 2.24) is 15.0 Å². The quantitative estimate of drug-likeness (QED) is 0.721. The molecule has 140 valence electrons. The van der Waals surface area contributed by atoms with Gasteiger partial charge in [-0.1, -0.05) is 17.7 Å². The Balaban J connectivity index is 1.43. The summed E-state index contributed by atoms with van der Waals surface area (Å²) in [6.45, 7) is 1.59. The molecule has 26 heavy (non-hydrogen) atoms. The van der Waals surface area contributed by atoms with Gasteiger partial charge in [-0.05, 0) is 24.6 Å². The average Bonchev–Trinajstić information content (AvgIpc) is 3.26. The smallest absolute Gasteiger partial charge is 0.240 e. The van der Waals surface area contributed by atoms with Crippen molar-refractivity contribution in [1.29, 1.82) is 0 Å². The van der Waals surface area contributed by atoms with Crippen LogP contribution in [0.3, 0.4) is 0 Å². The first-order valence-electron chi connectivity index (χ1n) is 8.13. The second-order valence-electron chi connectivity index (χ2n) is 5.92. The van der Waals surface area contributed by atoms with E-state index < -0.39 is 10.0 Å². The van der Waals surface area contributed by atoms with Gasteiger partial charge in [0.05, 0.1) is 4.90 Å². The molecule has 1 fully saturated rings. The SMILES string of the molecule is O=C(CCNS(=O)(=O)c1cccc(Cl)c1)NC1CCN(c2nccs2)C1. The minimum absolute atomic E-state index is 0.0313. The Labute approximate surface area is 161 Å². The first kappa shape index (κ1) is 19.1. The van der Waals surface area contributed by atoms with E-state index in [4.69, 9.17) is 11.6 Å². The summed E-state index contributed by atoms with van der Waals surface area (Å²) in [5.74, 6) is -0.176. The highest BCUT2D eigenvalue weighted by atomic mass is 35.5. The lowest BCUT2D eigenvalue weighted by Gasteiger charge is -2.16. The average molecular weight is 415 g/mol. The molecule has 1 saturated heterocycles. The highest BCUT2D eigenvalue weighted by Crippen LogP contribution is 2.22. The Bertz CT molecular complexity index is 858. The van der Waals surface area contributed by atoms with Crippen LogP contribution in [0.5, 0.6) is 0 Å². The summed E-state index contributed by atoms with van der Waals surface area (Å²) in [7, 11) is -3.67. The third-order valence-corrected chi connectivity index (χ3v) is 6.52. The number of halogens is 1. The molecule has 0 aliphatic carbocycles. The number of hydrogen-bond donors (Lipinski definition) is 2. The molecule has 0 spiro atoms. The molecule has 7 nitrogen and oxygen atoms in total. The predicted molar refractivity (Wildman–Crippen MR) is 102 cm³/mol. The van der Waals surface area contributed by atoms with Gasteiger partial charge in [-0.15, -0.1) is 11.3 Å². The number of nitrogens with one attached hydrogen (secondary N) is 2. The number of benzene rings is 1. The van der Waals surface area contributed by atoms with Crippen molar-refractivity contribution in [3.63, 3.8) is 0 Å². The van der Waals surface area contributed by atoms with E-state index in [1.54, 1.807) is 29.7 Å². The van der Waals surface area contributed by atoms with Gasteiger partial charge in [-0.2, -0.15) is 0 Å². The van der Waals surface area contributed by atoms with E-state index in [2.05, 4.69) is 19.9 Å². The lowest BCUT2D eigenvalue weighted by atomic mass is 10.2. The summed E-state index contributed by atoms with van der Waals surface area (Å²) in [6.07, 6.45) is 2.69. The number of aromatic nitrogens is 1. The number of amides is 1. The van der Waals surface area contributed by atoms with Crippen LogP contribution in [0.15, 0.2) is 40.7 Å². The predicted octanol–water partition coefficient (Wildman–Crippen LogP) is 1.86. The molecule has 10 heteroatoms. The molecule has 3 rings (SSSR count). The fraction of sp³-hybridized carbons (Fsp3) is 0.375. The van der Waals surface area contributed by atoms with Crippen molar-refractivity contribution in [3.05, 3.63) is 40.9 Å². The number of hydrogen-bond acceptors (Lipinski definition) is 6. The van der Waals surface area contributed by atoms with Gasteiger partial charge in [0.1, 0.15) is 0 Å². The summed E-state index contributed by atoms with van der Waals surface area (Å²) < 4.78 is 26.8. The maximum absolute atomic E-state index is 12.2. The molecular formula is C16H19ClN4O3S2. The maximum Gasteiger partial charge on any atom is 0.240 e. The zero-order valence-corrected chi connectivity index (χ0v) is 16.3. The summed E-state index contributed by atoms with van der Waals surface area (Å²) in [5, 5.41) is 6.17. The second kappa shape index (κ2) is 8.34. The van der Waals surface area contributed by atoms with Gasteiger partial charge in [0.15, 0.2) is 5.13 Å². The summed E-state index contributed by atoms with van der Waals surface area (Å²) in [5.41, 5.74) is 0. The Morgan fingerprint density at radius 3 is 3.00 bits per heavy atom. The van der Waals surface area contributed by atoms with Crippen LogP contribution < -0.4 is 14.9 Å². The number of thiazole rings is 1. The Kier molecular flexibility index (Phi) is 6.13. The molecule has 1 aliphatic rings. The van der Waals surface area contributed by atoms with Gasteiger partial charge in [0.25, 0.3) is 0 Å². The van der Waals surface area contributed by atoms with Crippen molar-refractivity contribution >= 4 is 44.0 Å². The highest BCUT2D eigenvalue weighted by molar-refractivity contribution is 7.89. The van der Waals surface area contributed by atoms with Gasteiger partial charge in [0.2, 0.25) is 15.9 Å². The fourth-order valence-corrected chi connectivity index (χ4v) is 4.75. The van der Waals surface area contributed by atoms with E-state index >= 15 is 0 Å².